The van der Waals surface area contributed by atoms with Crippen molar-refractivity contribution in [3.63, 3.8) is 0 Å². The summed E-state index contributed by atoms with van der Waals surface area (Å²) in [5.41, 5.74) is 1.06. The molecule has 0 aliphatic heterocycles. The number of nitrogens with one attached hydrogen (secondary N) is 1. The summed E-state index contributed by atoms with van der Waals surface area (Å²) in [5.74, 6) is -0.121. The topological polar surface area (TPSA) is 48.7 Å². The summed E-state index contributed by atoms with van der Waals surface area (Å²) in [7, 11) is 0. The molecule has 2 rings (SSSR count). The van der Waals surface area contributed by atoms with Crippen molar-refractivity contribution in [2.45, 2.75) is 32.2 Å². The van der Waals surface area contributed by atoms with Gasteiger partial charge in [0.2, 0.25) is 0 Å². The number of hydrogen-bond acceptors (Lipinski definition) is 4. The fraction of sp³-hybridized carbons (Fsp3) is 0.375. The average molecular weight is 285 g/mol. The van der Waals surface area contributed by atoms with Crippen LogP contribution in [0.15, 0.2) is 36.5 Å². The van der Waals surface area contributed by atoms with Crippen LogP contribution in [0.5, 0.6) is 0 Å². The highest BCUT2D eigenvalue weighted by Gasteiger charge is 2.14. The maximum atomic E-state index is 9.30. The first kappa shape index (κ1) is 14.7. The van der Waals surface area contributed by atoms with E-state index in [-0.39, 0.29) is 12.0 Å². The summed E-state index contributed by atoms with van der Waals surface area (Å²) in [5, 5.41) is 13.8. The van der Waals surface area contributed by atoms with Crippen LogP contribution < -0.4 is 5.32 Å². The van der Waals surface area contributed by atoms with Crippen LogP contribution >= 0.6 is 11.3 Å². The van der Waals surface area contributed by atoms with E-state index in [9.17, 15) is 5.26 Å². The molecule has 2 unspecified atom stereocenters. The summed E-state index contributed by atoms with van der Waals surface area (Å²) in [6.45, 7) is 4.87. The van der Waals surface area contributed by atoms with E-state index in [2.05, 4.69) is 30.2 Å². The van der Waals surface area contributed by atoms with Crippen molar-refractivity contribution >= 4 is 11.3 Å². The van der Waals surface area contributed by atoms with Gasteiger partial charge in [-0.05, 0) is 18.9 Å². The SMILES string of the molecule is CCc1cnc(C(C)NCC(C#N)c2ccccc2)s1. The molecule has 1 aromatic heterocycles. The Labute approximate surface area is 124 Å². The van der Waals surface area contributed by atoms with Gasteiger partial charge in [0.05, 0.1) is 18.0 Å². The standard InChI is InChI=1S/C16H19N3S/c1-3-15-11-19-16(20-15)12(2)18-10-14(9-17)13-7-5-4-6-8-13/h4-8,11-12,14,18H,3,10H2,1-2H3. The molecular formula is C16H19N3S. The van der Waals surface area contributed by atoms with Crippen LogP contribution in [0.3, 0.4) is 0 Å². The van der Waals surface area contributed by atoms with Crippen LogP contribution in [-0.4, -0.2) is 11.5 Å². The highest BCUT2D eigenvalue weighted by atomic mass is 32.1. The molecule has 0 aliphatic rings. The Morgan fingerprint density at radius 2 is 2.10 bits per heavy atom. The van der Waals surface area contributed by atoms with Crippen molar-refractivity contribution in [1.29, 1.82) is 5.26 Å². The molecular weight excluding hydrogens is 266 g/mol. The lowest BCUT2D eigenvalue weighted by Gasteiger charge is -2.14. The summed E-state index contributed by atoms with van der Waals surface area (Å²) in [4.78, 5) is 5.74. The Balaban J connectivity index is 1.95. The Morgan fingerprint density at radius 3 is 2.70 bits per heavy atom. The van der Waals surface area contributed by atoms with Crippen molar-refractivity contribution in [2.24, 2.45) is 0 Å². The zero-order chi connectivity index (χ0) is 14.4. The third-order valence-electron chi connectivity index (χ3n) is 3.28. The molecule has 0 radical (unpaired) electrons. The number of rotatable bonds is 6. The Kier molecular flexibility index (Phi) is 5.28. The van der Waals surface area contributed by atoms with Crippen molar-refractivity contribution in [3.8, 4) is 6.07 Å². The van der Waals surface area contributed by atoms with Crippen LogP contribution in [0, 0.1) is 11.3 Å². The second-order valence-corrected chi connectivity index (χ2v) is 5.89. The van der Waals surface area contributed by atoms with Crippen molar-refractivity contribution < 1.29 is 0 Å². The van der Waals surface area contributed by atoms with Gasteiger partial charge in [0.15, 0.2) is 0 Å². The minimum Gasteiger partial charge on any atom is -0.307 e. The van der Waals surface area contributed by atoms with Gasteiger partial charge in [0, 0.05) is 17.6 Å². The quantitative estimate of drug-likeness (QED) is 0.881. The molecule has 0 spiro atoms. The van der Waals surface area contributed by atoms with E-state index in [1.165, 1.54) is 4.88 Å². The maximum absolute atomic E-state index is 9.30. The van der Waals surface area contributed by atoms with E-state index >= 15 is 0 Å². The number of nitriles is 1. The third-order valence-corrected chi connectivity index (χ3v) is 4.60. The van der Waals surface area contributed by atoms with Gasteiger partial charge in [0.25, 0.3) is 0 Å². The molecule has 3 nitrogen and oxygen atoms in total. The van der Waals surface area contributed by atoms with Crippen LogP contribution in [0.2, 0.25) is 0 Å². The lowest BCUT2D eigenvalue weighted by atomic mass is 10.0. The molecule has 1 aromatic carbocycles. The van der Waals surface area contributed by atoms with Gasteiger partial charge in [-0.3, -0.25) is 0 Å². The Bertz CT molecular complexity index is 571. The van der Waals surface area contributed by atoms with Gasteiger partial charge in [0.1, 0.15) is 5.01 Å². The predicted molar refractivity (Wildman–Crippen MR) is 82.7 cm³/mol. The van der Waals surface area contributed by atoms with Crippen molar-refractivity contribution in [1.82, 2.24) is 10.3 Å². The van der Waals surface area contributed by atoms with Gasteiger partial charge < -0.3 is 5.32 Å². The smallest absolute Gasteiger partial charge is 0.109 e. The molecule has 0 bridgehead atoms. The minimum absolute atomic E-state index is 0.121. The summed E-state index contributed by atoms with van der Waals surface area (Å²) in [6.07, 6.45) is 2.96. The molecule has 1 heterocycles. The molecule has 0 saturated carbocycles. The Hall–Kier alpha value is -1.70. The number of aryl methyl sites for hydroxylation is 1. The lowest BCUT2D eigenvalue weighted by Crippen LogP contribution is -2.24. The van der Waals surface area contributed by atoms with E-state index in [0.717, 1.165) is 17.0 Å². The molecule has 20 heavy (non-hydrogen) atoms. The maximum Gasteiger partial charge on any atom is 0.109 e. The highest BCUT2D eigenvalue weighted by Crippen LogP contribution is 2.21. The number of nitrogens with zero attached hydrogens (tertiary/aromatic N) is 2. The van der Waals surface area contributed by atoms with E-state index in [0.29, 0.717) is 6.54 Å². The first-order valence-corrected chi connectivity index (χ1v) is 7.68. The molecule has 0 fully saturated rings. The normalized spacial score (nSPS) is 13.7. The molecule has 2 aromatic rings. The van der Waals surface area contributed by atoms with Crippen molar-refractivity contribution in [3.05, 3.63) is 52.0 Å². The molecule has 0 saturated heterocycles. The van der Waals surface area contributed by atoms with Gasteiger partial charge in [-0.2, -0.15) is 5.26 Å². The first-order chi connectivity index (χ1) is 9.74. The van der Waals surface area contributed by atoms with Gasteiger partial charge in [-0.1, -0.05) is 37.3 Å². The highest BCUT2D eigenvalue weighted by molar-refractivity contribution is 7.11. The second-order valence-electron chi connectivity index (χ2n) is 4.74. The van der Waals surface area contributed by atoms with Crippen LogP contribution in [0.4, 0.5) is 0 Å². The second kappa shape index (κ2) is 7.18. The zero-order valence-electron chi connectivity index (χ0n) is 11.8. The Morgan fingerprint density at radius 1 is 1.35 bits per heavy atom. The summed E-state index contributed by atoms with van der Waals surface area (Å²) >= 11 is 1.74. The van der Waals surface area contributed by atoms with Gasteiger partial charge in [-0.25, -0.2) is 4.98 Å². The van der Waals surface area contributed by atoms with Crippen molar-refractivity contribution in [2.75, 3.05) is 6.54 Å². The molecule has 0 aliphatic carbocycles. The molecule has 4 heteroatoms. The van der Waals surface area contributed by atoms with Crippen LogP contribution in [-0.2, 0) is 6.42 Å². The van der Waals surface area contributed by atoms with E-state index in [4.69, 9.17) is 0 Å². The summed E-state index contributed by atoms with van der Waals surface area (Å²) < 4.78 is 0. The predicted octanol–water partition coefficient (Wildman–Crippen LogP) is 3.66. The fourth-order valence-electron chi connectivity index (χ4n) is 1.99. The van der Waals surface area contributed by atoms with Gasteiger partial charge in [-0.15, -0.1) is 11.3 Å². The largest absolute Gasteiger partial charge is 0.307 e. The number of hydrogen-bond donors (Lipinski definition) is 1. The van der Waals surface area contributed by atoms with E-state index in [1.54, 1.807) is 11.3 Å². The van der Waals surface area contributed by atoms with Gasteiger partial charge >= 0.3 is 0 Å². The molecule has 0 amide bonds. The molecule has 2 atom stereocenters. The summed E-state index contributed by atoms with van der Waals surface area (Å²) in [6, 6.07) is 12.4. The zero-order valence-corrected chi connectivity index (χ0v) is 12.7. The number of benzene rings is 1. The van der Waals surface area contributed by atoms with Crippen LogP contribution in [0.1, 0.15) is 41.3 Å². The fourth-order valence-corrected chi connectivity index (χ4v) is 2.88. The van der Waals surface area contributed by atoms with E-state index < -0.39 is 0 Å². The van der Waals surface area contributed by atoms with E-state index in [1.807, 2.05) is 36.5 Å². The third kappa shape index (κ3) is 3.66. The number of aromatic nitrogens is 1. The molecule has 1 N–H and O–H groups in total. The average Bonchev–Trinajstić information content (AvgIpc) is 2.98. The minimum atomic E-state index is -0.121. The van der Waals surface area contributed by atoms with Crippen LogP contribution in [0.25, 0.3) is 0 Å². The number of thiazole rings is 1. The first-order valence-electron chi connectivity index (χ1n) is 6.87. The monoisotopic (exact) mass is 285 g/mol. The lowest BCUT2D eigenvalue weighted by molar-refractivity contribution is 0.555. The molecule has 104 valence electrons.